The third kappa shape index (κ3) is 5.21. The molecule has 0 aromatic heterocycles. The Kier molecular flexibility index (Phi) is 7.17. The standard InChI is InChI=1S/C24H20Cl3F3N2O2/c25-18-7-5-15(11-17(18)24(28,29)30)31-22(33)16-3-1-2-14-8-9-32(23(34)21(14)16)12-13-4-6-19(26)20(27)10-13/h1-2,4-7,10-11,14,16,21H,3,8-9,12H2,(H,31,33). The van der Waals surface area contributed by atoms with Crippen molar-refractivity contribution >= 4 is 52.3 Å². The largest absolute Gasteiger partial charge is 0.417 e. The summed E-state index contributed by atoms with van der Waals surface area (Å²) in [6.07, 6.45) is 0.153. The molecule has 1 N–H and O–H groups in total. The number of carbonyl (C=O) groups is 2. The van der Waals surface area contributed by atoms with Gasteiger partial charge >= 0.3 is 6.18 Å². The van der Waals surface area contributed by atoms with Crippen molar-refractivity contribution < 1.29 is 22.8 Å². The zero-order valence-electron chi connectivity index (χ0n) is 17.7. The summed E-state index contributed by atoms with van der Waals surface area (Å²) in [7, 11) is 0. The zero-order chi connectivity index (χ0) is 24.6. The summed E-state index contributed by atoms with van der Waals surface area (Å²) in [5, 5.41) is 2.90. The van der Waals surface area contributed by atoms with Crippen LogP contribution in [-0.4, -0.2) is 23.3 Å². The summed E-state index contributed by atoms with van der Waals surface area (Å²) >= 11 is 17.7. The Bertz CT molecular complexity index is 1150. The van der Waals surface area contributed by atoms with E-state index in [0.29, 0.717) is 36.0 Å². The van der Waals surface area contributed by atoms with Crippen LogP contribution in [0.4, 0.5) is 18.9 Å². The number of amides is 2. The minimum Gasteiger partial charge on any atom is -0.338 e. The number of nitrogens with one attached hydrogen (secondary N) is 1. The molecular weight excluding hydrogens is 512 g/mol. The van der Waals surface area contributed by atoms with Crippen LogP contribution in [0.5, 0.6) is 0 Å². The van der Waals surface area contributed by atoms with Crippen LogP contribution >= 0.6 is 34.8 Å². The number of anilines is 1. The van der Waals surface area contributed by atoms with Crippen LogP contribution in [0.2, 0.25) is 15.1 Å². The highest BCUT2D eigenvalue weighted by atomic mass is 35.5. The molecule has 0 saturated carbocycles. The van der Waals surface area contributed by atoms with Crippen molar-refractivity contribution in [3.63, 3.8) is 0 Å². The molecule has 0 spiro atoms. The molecule has 2 aromatic rings. The molecule has 0 radical (unpaired) electrons. The number of rotatable bonds is 4. The van der Waals surface area contributed by atoms with E-state index in [-0.39, 0.29) is 17.5 Å². The molecule has 0 bridgehead atoms. The first-order chi connectivity index (χ1) is 16.0. The van der Waals surface area contributed by atoms with Crippen molar-refractivity contribution in [2.45, 2.75) is 25.6 Å². The summed E-state index contributed by atoms with van der Waals surface area (Å²) in [5.41, 5.74) is -0.243. The van der Waals surface area contributed by atoms with E-state index in [4.69, 9.17) is 34.8 Å². The van der Waals surface area contributed by atoms with Gasteiger partial charge in [-0.3, -0.25) is 9.59 Å². The smallest absolute Gasteiger partial charge is 0.338 e. The van der Waals surface area contributed by atoms with Gasteiger partial charge in [-0.1, -0.05) is 53.0 Å². The summed E-state index contributed by atoms with van der Waals surface area (Å²) < 4.78 is 39.6. The predicted octanol–water partition coefficient (Wildman–Crippen LogP) is 6.85. The van der Waals surface area contributed by atoms with Crippen molar-refractivity contribution in [3.05, 3.63) is 74.7 Å². The average molecular weight is 532 g/mol. The van der Waals surface area contributed by atoms with Gasteiger partial charge in [-0.2, -0.15) is 13.2 Å². The van der Waals surface area contributed by atoms with Crippen LogP contribution in [0.25, 0.3) is 0 Å². The SMILES string of the molecule is O=C(Nc1ccc(Cl)c(C(F)(F)F)c1)C1CC=CC2CCN(Cc3ccc(Cl)c(Cl)c3)C(=O)C21. The Labute approximate surface area is 209 Å². The molecule has 3 atom stereocenters. The highest BCUT2D eigenvalue weighted by Crippen LogP contribution is 2.40. The lowest BCUT2D eigenvalue weighted by atomic mass is 9.71. The van der Waals surface area contributed by atoms with E-state index in [0.717, 1.165) is 17.7 Å². The molecule has 10 heteroatoms. The lowest BCUT2D eigenvalue weighted by Gasteiger charge is -2.41. The summed E-state index contributed by atoms with van der Waals surface area (Å²) in [5.74, 6) is -2.09. The molecule has 1 heterocycles. The lowest BCUT2D eigenvalue weighted by Crippen LogP contribution is -2.50. The van der Waals surface area contributed by atoms with E-state index in [2.05, 4.69) is 5.32 Å². The number of hydrogen-bond donors (Lipinski definition) is 1. The van der Waals surface area contributed by atoms with Crippen molar-refractivity contribution in [2.24, 2.45) is 17.8 Å². The van der Waals surface area contributed by atoms with Gasteiger partial charge in [0.25, 0.3) is 0 Å². The highest BCUT2D eigenvalue weighted by Gasteiger charge is 2.44. The molecule has 180 valence electrons. The van der Waals surface area contributed by atoms with Gasteiger partial charge in [0.05, 0.1) is 32.5 Å². The van der Waals surface area contributed by atoms with Gasteiger partial charge in [-0.15, -0.1) is 0 Å². The second-order valence-corrected chi connectivity index (χ2v) is 9.66. The van der Waals surface area contributed by atoms with Crippen LogP contribution in [0.15, 0.2) is 48.6 Å². The number of allylic oxidation sites excluding steroid dienone is 2. The van der Waals surface area contributed by atoms with E-state index in [9.17, 15) is 22.8 Å². The second-order valence-electron chi connectivity index (χ2n) is 8.44. The van der Waals surface area contributed by atoms with Crippen molar-refractivity contribution in [2.75, 3.05) is 11.9 Å². The minimum absolute atomic E-state index is 0.0243. The van der Waals surface area contributed by atoms with E-state index >= 15 is 0 Å². The summed E-state index contributed by atoms with van der Waals surface area (Å²) in [6, 6.07) is 8.36. The first kappa shape index (κ1) is 24.9. The number of hydrogen-bond acceptors (Lipinski definition) is 2. The third-order valence-electron chi connectivity index (χ3n) is 6.23. The molecule has 34 heavy (non-hydrogen) atoms. The van der Waals surface area contributed by atoms with Gasteiger partial charge in [0.2, 0.25) is 11.8 Å². The number of piperidine rings is 1. The number of halogens is 6. The fourth-order valence-electron chi connectivity index (χ4n) is 4.56. The number of nitrogens with zero attached hydrogens (tertiary/aromatic N) is 1. The van der Waals surface area contributed by atoms with Gasteiger partial charge in [0.1, 0.15) is 0 Å². The van der Waals surface area contributed by atoms with Crippen molar-refractivity contribution in [3.8, 4) is 0 Å². The van der Waals surface area contributed by atoms with Gasteiger partial charge < -0.3 is 10.2 Å². The fraction of sp³-hybridized carbons (Fsp3) is 0.333. The maximum Gasteiger partial charge on any atom is 0.417 e. The molecule has 1 aliphatic heterocycles. The van der Waals surface area contributed by atoms with Gasteiger partial charge in [-0.25, -0.2) is 0 Å². The second kappa shape index (κ2) is 9.80. The summed E-state index contributed by atoms with van der Waals surface area (Å²) in [6.45, 7) is 0.841. The lowest BCUT2D eigenvalue weighted by molar-refractivity contribution is -0.147. The molecular formula is C24H20Cl3F3N2O2. The topological polar surface area (TPSA) is 49.4 Å². The normalized spacial score (nSPS) is 22.5. The van der Waals surface area contributed by atoms with Crippen molar-refractivity contribution in [1.29, 1.82) is 0 Å². The molecule has 3 unspecified atom stereocenters. The predicted molar refractivity (Wildman–Crippen MR) is 126 cm³/mol. The average Bonchev–Trinajstić information content (AvgIpc) is 2.78. The number of benzene rings is 2. The first-order valence-corrected chi connectivity index (χ1v) is 11.7. The van der Waals surface area contributed by atoms with Gasteiger partial charge in [-0.05, 0) is 54.7 Å². The number of carbonyl (C=O) groups excluding carboxylic acids is 2. The summed E-state index contributed by atoms with van der Waals surface area (Å²) in [4.78, 5) is 28.2. The van der Waals surface area contributed by atoms with E-state index in [1.165, 1.54) is 6.07 Å². The number of alkyl halides is 3. The van der Waals surface area contributed by atoms with Gasteiger partial charge in [0, 0.05) is 18.8 Å². The highest BCUT2D eigenvalue weighted by molar-refractivity contribution is 6.42. The van der Waals surface area contributed by atoms with Crippen LogP contribution in [0.1, 0.15) is 24.0 Å². The monoisotopic (exact) mass is 530 g/mol. The fourth-order valence-corrected chi connectivity index (χ4v) is 5.11. The Morgan fingerprint density at radius 1 is 1.06 bits per heavy atom. The number of likely N-dealkylation sites (tertiary alicyclic amines) is 1. The molecule has 1 saturated heterocycles. The van der Waals surface area contributed by atoms with E-state index in [1.807, 2.05) is 12.2 Å². The number of fused-ring (bicyclic) bond motifs is 1. The quantitative estimate of drug-likeness (QED) is 0.439. The Morgan fingerprint density at radius 2 is 1.79 bits per heavy atom. The molecule has 2 aliphatic rings. The maximum absolute atomic E-state index is 13.4. The van der Waals surface area contributed by atoms with Gasteiger partial charge in [0.15, 0.2) is 0 Å². The molecule has 1 fully saturated rings. The first-order valence-electron chi connectivity index (χ1n) is 10.6. The van der Waals surface area contributed by atoms with Crippen LogP contribution < -0.4 is 5.32 Å². The molecule has 1 aliphatic carbocycles. The van der Waals surface area contributed by atoms with Crippen molar-refractivity contribution in [1.82, 2.24) is 4.90 Å². The van der Waals surface area contributed by atoms with Crippen LogP contribution in [-0.2, 0) is 22.3 Å². The Balaban J connectivity index is 1.52. The molecule has 4 nitrogen and oxygen atoms in total. The third-order valence-corrected chi connectivity index (χ3v) is 7.30. The Morgan fingerprint density at radius 3 is 2.50 bits per heavy atom. The maximum atomic E-state index is 13.4. The molecule has 2 aromatic carbocycles. The Hall–Kier alpha value is -2.22. The van der Waals surface area contributed by atoms with Crippen LogP contribution in [0, 0.1) is 17.8 Å². The van der Waals surface area contributed by atoms with E-state index in [1.54, 1.807) is 23.1 Å². The zero-order valence-corrected chi connectivity index (χ0v) is 20.0. The molecule has 4 rings (SSSR count). The van der Waals surface area contributed by atoms with E-state index < -0.39 is 34.5 Å². The minimum atomic E-state index is -4.65. The molecule has 2 amide bonds. The van der Waals surface area contributed by atoms with Crippen LogP contribution in [0.3, 0.4) is 0 Å².